The topological polar surface area (TPSA) is 56.7 Å². The summed E-state index contributed by atoms with van der Waals surface area (Å²) in [6.45, 7) is 5.08. The second-order valence-corrected chi connectivity index (χ2v) is 3.89. The molecule has 0 radical (unpaired) electrons. The molecule has 0 aliphatic heterocycles. The molecule has 1 aromatic carbocycles. The summed E-state index contributed by atoms with van der Waals surface area (Å²) in [6.07, 6.45) is 2.81. The summed E-state index contributed by atoms with van der Waals surface area (Å²) in [5, 5.41) is 8.12. The molecule has 0 spiro atoms. The average Bonchev–Trinajstić information content (AvgIpc) is 2.67. The molecular formula is C12H16N4. The smallest absolute Gasteiger partial charge is 0.166 e. The largest absolute Gasteiger partial charge is 0.398 e. The van der Waals surface area contributed by atoms with Crippen molar-refractivity contribution in [2.24, 2.45) is 0 Å². The number of nitrogens with zero attached hydrogens (tertiary/aromatic N) is 3. The number of hydrogen-bond acceptors (Lipinski definition) is 3. The first-order valence-corrected chi connectivity index (χ1v) is 5.47. The molecule has 0 amide bonds. The summed E-state index contributed by atoms with van der Waals surface area (Å²) in [6, 6.07) is 5.89. The zero-order valence-electron chi connectivity index (χ0n) is 9.64. The van der Waals surface area contributed by atoms with Crippen molar-refractivity contribution >= 4 is 5.69 Å². The highest BCUT2D eigenvalue weighted by Gasteiger charge is 2.12. The standard InChI is InChI=1S/C12H16N4/c1-3-7-16-8-14-15-12(16)11-9(2)5-4-6-10(11)13/h4-6,8H,3,7,13H2,1-2H3. The lowest BCUT2D eigenvalue weighted by Crippen LogP contribution is -2.02. The van der Waals surface area contributed by atoms with Gasteiger partial charge in [0.15, 0.2) is 5.82 Å². The fourth-order valence-corrected chi connectivity index (χ4v) is 1.85. The highest BCUT2D eigenvalue weighted by atomic mass is 15.3. The predicted octanol–water partition coefficient (Wildman–Crippen LogP) is 2.25. The Morgan fingerprint density at radius 2 is 2.19 bits per heavy atom. The van der Waals surface area contributed by atoms with Gasteiger partial charge in [-0.25, -0.2) is 0 Å². The molecule has 0 aliphatic carbocycles. The van der Waals surface area contributed by atoms with Crippen molar-refractivity contribution in [1.82, 2.24) is 14.8 Å². The summed E-state index contributed by atoms with van der Waals surface area (Å²) in [4.78, 5) is 0. The molecule has 0 fully saturated rings. The molecular weight excluding hydrogens is 200 g/mol. The van der Waals surface area contributed by atoms with Crippen molar-refractivity contribution in [3.8, 4) is 11.4 Å². The van der Waals surface area contributed by atoms with Gasteiger partial charge in [0.2, 0.25) is 0 Å². The fraction of sp³-hybridized carbons (Fsp3) is 0.333. The van der Waals surface area contributed by atoms with Crippen LogP contribution in [0.25, 0.3) is 11.4 Å². The van der Waals surface area contributed by atoms with Crippen molar-refractivity contribution in [3.63, 3.8) is 0 Å². The highest BCUT2D eigenvalue weighted by molar-refractivity contribution is 5.74. The minimum Gasteiger partial charge on any atom is -0.398 e. The van der Waals surface area contributed by atoms with Crippen LogP contribution in [0.5, 0.6) is 0 Å². The van der Waals surface area contributed by atoms with Crippen LogP contribution in [0, 0.1) is 6.92 Å². The molecule has 84 valence electrons. The van der Waals surface area contributed by atoms with Crippen LogP contribution >= 0.6 is 0 Å². The Morgan fingerprint density at radius 3 is 2.88 bits per heavy atom. The van der Waals surface area contributed by atoms with Crippen molar-refractivity contribution in [3.05, 3.63) is 30.1 Å². The maximum absolute atomic E-state index is 6.00. The molecule has 2 N–H and O–H groups in total. The molecule has 0 unspecified atom stereocenters. The van der Waals surface area contributed by atoms with Crippen LogP contribution in [-0.2, 0) is 6.54 Å². The van der Waals surface area contributed by atoms with E-state index in [4.69, 9.17) is 5.73 Å². The number of anilines is 1. The van der Waals surface area contributed by atoms with Crippen LogP contribution < -0.4 is 5.73 Å². The first-order valence-electron chi connectivity index (χ1n) is 5.47. The molecule has 0 bridgehead atoms. The Kier molecular flexibility index (Phi) is 2.90. The maximum Gasteiger partial charge on any atom is 0.166 e. The third kappa shape index (κ3) is 1.78. The summed E-state index contributed by atoms with van der Waals surface area (Å²) in [5.41, 5.74) is 8.88. The molecule has 0 atom stereocenters. The number of benzene rings is 1. The van der Waals surface area contributed by atoms with Gasteiger partial charge >= 0.3 is 0 Å². The Hall–Kier alpha value is -1.84. The van der Waals surface area contributed by atoms with E-state index in [9.17, 15) is 0 Å². The first-order chi connectivity index (χ1) is 7.74. The summed E-state index contributed by atoms with van der Waals surface area (Å²) in [5.74, 6) is 0.859. The second kappa shape index (κ2) is 4.35. The molecule has 0 saturated carbocycles. The number of nitrogens with two attached hydrogens (primary N) is 1. The monoisotopic (exact) mass is 216 g/mol. The Bertz CT molecular complexity index is 467. The average molecular weight is 216 g/mol. The Balaban J connectivity index is 2.54. The highest BCUT2D eigenvalue weighted by Crippen LogP contribution is 2.27. The predicted molar refractivity (Wildman–Crippen MR) is 64.9 cm³/mol. The lowest BCUT2D eigenvalue weighted by atomic mass is 10.1. The molecule has 1 heterocycles. The number of rotatable bonds is 3. The number of aryl methyl sites for hydroxylation is 2. The molecule has 16 heavy (non-hydrogen) atoms. The molecule has 2 rings (SSSR count). The molecule has 0 aliphatic rings. The quantitative estimate of drug-likeness (QED) is 0.800. The molecule has 2 aromatic rings. The van der Waals surface area contributed by atoms with Gasteiger partial charge < -0.3 is 10.3 Å². The van der Waals surface area contributed by atoms with E-state index >= 15 is 0 Å². The van der Waals surface area contributed by atoms with Gasteiger partial charge in [0.05, 0.1) is 0 Å². The van der Waals surface area contributed by atoms with E-state index in [0.717, 1.165) is 35.6 Å². The van der Waals surface area contributed by atoms with Gasteiger partial charge in [-0.1, -0.05) is 19.1 Å². The lowest BCUT2D eigenvalue weighted by molar-refractivity contribution is 0.682. The minimum atomic E-state index is 0.755. The van der Waals surface area contributed by atoms with Gasteiger partial charge in [-0.2, -0.15) is 0 Å². The molecule has 1 aromatic heterocycles. The van der Waals surface area contributed by atoms with Crippen molar-refractivity contribution in [1.29, 1.82) is 0 Å². The van der Waals surface area contributed by atoms with Crippen LogP contribution in [-0.4, -0.2) is 14.8 Å². The second-order valence-electron chi connectivity index (χ2n) is 3.89. The van der Waals surface area contributed by atoms with Crippen LogP contribution in [0.15, 0.2) is 24.5 Å². The number of hydrogen-bond donors (Lipinski definition) is 1. The van der Waals surface area contributed by atoms with Crippen molar-refractivity contribution in [2.45, 2.75) is 26.8 Å². The Morgan fingerprint density at radius 1 is 1.38 bits per heavy atom. The SMILES string of the molecule is CCCn1cnnc1-c1c(C)cccc1N. The van der Waals surface area contributed by atoms with Gasteiger partial charge in [-0.15, -0.1) is 10.2 Å². The van der Waals surface area contributed by atoms with Gasteiger partial charge in [0.25, 0.3) is 0 Å². The molecule has 4 heteroatoms. The zero-order valence-corrected chi connectivity index (χ0v) is 9.64. The number of nitrogen functional groups attached to an aromatic ring is 1. The fourth-order valence-electron chi connectivity index (χ4n) is 1.85. The molecule has 0 saturated heterocycles. The van der Waals surface area contributed by atoms with Gasteiger partial charge in [-0.3, -0.25) is 0 Å². The van der Waals surface area contributed by atoms with E-state index in [1.807, 2.05) is 29.7 Å². The van der Waals surface area contributed by atoms with E-state index in [1.165, 1.54) is 0 Å². The molecule has 4 nitrogen and oxygen atoms in total. The number of aromatic nitrogens is 3. The third-order valence-corrected chi connectivity index (χ3v) is 2.61. The Labute approximate surface area is 95.1 Å². The minimum absolute atomic E-state index is 0.755. The summed E-state index contributed by atoms with van der Waals surface area (Å²) < 4.78 is 2.04. The van der Waals surface area contributed by atoms with Crippen LogP contribution in [0.3, 0.4) is 0 Å². The van der Waals surface area contributed by atoms with E-state index in [0.29, 0.717) is 0 Å². The normalized spacial score (nSPS) is 10.6. The maximum atomic E-state index is 6.00. The van der Waals surface area contributed by atoms with Gasteiger partial charge in [0.1, 0.15) is 6.33 Å². The van der Waals surface area contributed by atoms with Gasteiger partial charge in [-0.05, 0) is 25.0 Å². The van der Waals surface area contributed by atoms with E-state index in [-0.39, 0.29) is 0 Å². The van der Waals surface area contributed by atoms with E-state index in [1.54, 1.807) is 6.33 Å². The van der Waals surface area contributed by atoms with Crippen molar-refractivity contribution < 1.29 is 0 Å². The first kappa shape index (κ1) is 10.7. The zero-order chi connectivity index (χ0) is 11.5. The van der Waals surface area contributed by atoms with E-state index < -0.39 is 0 Å². The third-order valence-electron chi connectivity index (χ3n) is 2.61. The lowest BCUT2D eigenvalue weighted by Gasteiger charge is -2.10. The van der Waals surface area contributed by atoms with Crippen LogP contribution in [0.2, 0.25) is 0 Å². The van der Waals surface area contributed by atoms with Crippen LogP contribution in [0.1, 0.15) is 18.9 Å². The van der Waals surface area contributed by atoms with E-state index in [2.05, 4.69) is 17.1 Å². The van der Waals surface area contributed by atoms with Crippen LogP contribution in [0.4, 0.5) is 5.69 Å². The summed E-state index contributed by atoms with van der Waals surface area (Å²) >= 11 is 0. The summed E-state index contributed by atoms with van der Waals surface area (Å²) in [7, 11) is 0. The van der Waals surface area contributed by atoms with Gasteiger partial charge in [0, 0.05) is 17.8 Å². The van der Waals surface area contributed by atoms with Crippen molar-refractivity contribution in [2.75, 3.05) is 5.73 Å².